The summed E-state index contributed by atoms with van der Waals surface area (Å²) in [6.07, 6.45) is 5.42. The molecule has 1 saturated carbocycles. The van der Waals surface area contributed by atoms with Gasteiger partial charge in [0.15, 0.2) is 0 Å². The van der Waals surface area contributed by atoms with Crippen LogP contribution in [-0.4, -0.2) is 20.5 Å². The number of anilines is 1. The van der Waals surface area contributed by atoms with Crippen LogP contribution in [0.15, 0.2) is 29.2 Å². The largest absolute Gasteiger partial charge is 0.383 e. The molecule has 0 radical (unpaired) electrons. The van der Waals surface area contributed by atoms with Crippen molar-refractivity contribution in [2.45, 2.75) is 62.9 Å². The summed E-state index contributed by atoms with van der Waals surface area (Å²) in [7, 11) is -3.33. The van der Waals surface area contributed by atoms with E-state index in [-0.39, 0.29) is 6.04 Å². The second kappa shape index (κ2) is 6.59. The molecule has 1 atom stereocenters. The van der Waals surface area contributed by atoms with Gasteiger partial charge in [0.05, 0.1) is 4.90 Å². The van der Waals surface area contributed by atoms with E-state index in [1.165, 1.54) is 12.8 Å². The minimum Gasteiger partial charge on any atom is -0.383 e. The van der Waals surface area contributed by atoms with Gasteiger partial charge in [-0.1, -0.05) is 19.8 Å². The van der Waals surface area contributed by atoms with Crippen LogP contribution >= 0.6 is 0 Å². The summed E-state index contributed by atoms with van der Waals surface area (Å²) in [5.41, 5.74) is 0.971. The zero-order chi connectivity index (χ0) is 14.6. The summed E-state index contributed by atoms with van der Waals surface area (Å²) in [5.74, 6) is 0. The van der Waals surface area contributed by atoms with Gasteiger partial charge in [-0.05, 0) is 50.5 Å². The minimum atomic E-state index is -3.33. The molecule has 0 saturated heterocycles. The van der Waals surface area contributed by atoms with Gasteiger partial charge < -0.3 is 5.32 Å². The lowest BCUT2D eigenvalue weighted by Gasteiger charge is -2.15. The molecule has 0 bridgehead atoms. The van der Waals surface area contributed by atoms with E-state index in [1.807, 2.05) is 12.1 Å². The van der Waals surface area contributed by atoms with Crippen molar-refractivity contribution in [1.29, 1.82) is 0 Å². The van der Waals surface area contributed by atoms with Gasteiger partial charge in [0.25, 0.3) is 0 Å². The second-order valence-electron chi connectivity index (χ2n) is 5.61. The summed E-state index contributed by atoms with van der Waals surface area (Å²) in [5, 5.41) is 3.39. The first kappa shape index (κ1) is 15.3. The first-order chi connectivity index (χ1) is 9.51. The highest BCUT2D eigenvalue weighted by Gasteiger charge is 2.27. The molecule has 2 N–H and O–H groups in total. The van der Waals surface area contributed by atoms with Crippen LogP contribution in [0.25, 0.3) is 0 Å². The van der Waals surface area contributed by atoms with E-state index in [0.29, 0.717) is 10.9 Å². The lowest BCUT2D eigenvalue weighted by atomic mass is 10.1. The summed E-state index contributed by atoms with van der Waals surface area (Å²) in [4.78, 5) is 0.344. The Balaban J connectivity index is 1.95. The first-order valence-corrected chi connectivity index (χ1v) is 8.88. The third-order valence-corrected chi connectivity index (χ3v) is 5.00. The molecular weight excluding hydrogens is 272 g/mol. The third kappa shape index (κ3) is 4.49. The van der Waals surface area contributed by atoms with Gasteiger partial charge >= 0.3 is 0 Å². The number of hydrogen-bond donors (Lipinski definition) is 2. The Hall–Kier alpha value is -1.07. The molecule has 0 heterocycles. The van der Waals surface area contributed by atoms with Gasteiger partial charge in [-0.25, -0.2) is 13.1 Å². The number of hydrogen-bond acceptors (Lipinski definition) is 3. The topological polar surface area (TPSA) is 58.2 Å². The van der Waals surface area contributed by atoms with Crippen LogP contribution in [-0.2, 0) is 10.0 Å². The van der Waals surface area contributed by atoms with Gasteiger partial charge in [-0.3, -0.25) is 0 Å². The van der Waals surface area contributed by atoms with E-state index >= 15 is 0 Å². The molecule has 1 unspecified atom stereocenters. The van der Waals surface area contributed by atoms with E-state index in [2.05, 4.69) is 23.9 Å². The smallest absolute Gasteiger partial charge is 0.240 e. The molecule has 112 valence electrons. The molecule has 1 aromatic rings. The van der Waals surface area contributed by atoms with E-state index in [9.17, 15) is 8.42 Å². The maximum atomic E-state index is 12.0. The van der Waals surface area contributed by atoms with Crippen molar-refractivity contribution < 1.29 is 8.42 Å². The quantitative estimate of drug-likeness (QED) is 0.775. The highest BCUT2D eigenvalue weighted by molar-refractivity contribution is 7.89. The number of sulfonamides is 1. The lowest BCUT2D eigenvalue weighted by Crippen LogP contribution is -2.25. The normalized spacial score (nSPS) is 16.9. The Bertz CT molecular complexity index is 521. The second-order valence-corrected chi connectivity index (χ2v) is 7.32. The molecule has 1 aliphatic carbocycles. The zero-order valence-corrected chi connectivity index (χ0v) is 13.0. The number of rotatable bonds is 8. The maximum absolute atomic E-state index is 12.0. The standard InChI is InChI=1S/C15H24N2O2S/c1-3-4-5-12(2)16-13-8-10-15(11-9-13)20(18,19)17-14-6-7-14/h8-12,14,16-17H,3-7H2,1-2H3. The predicted molar refractivity (Wildman–Crippen MR) is 82.4 cm³/mol. The van der Waals surface area contributed by atoms with Gasteiger partial charge in [0.1, 0.15) is 0 Å². The molecule has 20 heavy (non-hydrogen) atoms. The van der Waals surface area contributed by atoms with E-state index in [0.717, 1.165) is 24.9 Å². The molecule has 0 aliphatic heterocycles. The van der Waals surface area contributed by atoms with Gasteiger partial charge in [-0.15, -0.1) is 0 Å². The third-order valence-electron chi connectivity index (χ3n) is 3.47. The molecule has 1 aliphatic rings. The Labute approximate surface area is 122 Å². The summed E-state index contributed by atoms with van der Waals surface area (Å²) < 4.78 is 26.7. The minimum absolute atomic E-state index is 0.145. The molecule has 0 amide bonds. The number of benzene rings is 1. The van der Waals surface area contributed by atoms with E-state index in [1.54, 1.807) is 12.1 Å². The van der Waals surface area contributed by atoms with Crippen molar-refractivity contribution in [3.05, 3.63) is 24.3 Å². The number of nitrogens with one attached hydrogen (secondary N) is 2. The van der Waals surface area contributed by atoms with Crippen LogP contribution < -0.4 is 10.0 Å². The molecule has 1 fully saturated rings. The van der Waals surface area contributed by atoms with Crippen LogP contribution in [0.3, 0.4) is 0 Å². The molecule has 2 rings (SSSR count). The van der Waals surface area contributed by atoms with Crippen molar-refractivity contribution in [1.82, 2.24) is 4.72 Å². The average molecular weight is 296 g/mol. The fraction of sp³-hybridized carbons (Fsp3) is 0.600. The average Bonchev–Trinajstić information content (AvgIpc) is 3.20. The molecule has 0 spiro atoms. The van der Waals surface area contributed by atoms with Crippen molar-refractivity contribution in [3.8, 4) is 0 Å². The Morgan fingerprint density at radius 1 is 1.25 bits per heavy atom. The highest BCUT2D eigenvalue weighted by atomic mass is 32.2. The van der Waals surface area contributed by atoms with Crippen LogP contribution in [0.2, 0.25) is 0 Å². The van der Waals surface area contributed by atoms with Crippen LogP contribution in [0.1, 0.15) is 46.0 Å². The first-order valence-electron chi connectivity index (χ1n) is 7.40. The SMILES string of the molecule is CCCCC(C)Nc1ccc(S(=O)(=O)NC2CC2)cc1. The van der Waals surface area contributed by atoms with Crippen molar-refractivity contribution in [2.24, 2.45) is 0 Å². The van der Waals surface area contributed by atoms with Crippen molar-refractivity contribution >= 4 is 15.7 Å². The molecule has 5 heteroatoms. The molecule has 0 aromatic heterocycles. The van der Waals surface area contributed by atoms with Gasteiger partial charge in [-0.2, -0.15) is 0 Å². The van der Waals surface area contributed by atoms with Gasteiger partial charge in [0, 0.05) is 17.8 Å². The Morgan fingerprint density at radius 3 is 2.45 bits per heavy atom. The van der Waals surface area contributed by atoms with Crippen molar-refractivity contribution in [2.75, 3.05) is 5.32 Å². The fourth-order valence-corrected chi connectivity index (χ4v) is 3.39. The predicted octanol–water partition coefficient (Wildman–Crippen LogP) is 3.12. The van der Waals surface area contributed by atoms with Crippen LogP contribution in [0, 0.1) is 0 Å². The zero-order valence-electron chi connectivity index (χ0n) is 12.2. The Morgan fingerprint density at radius 2 is 1.90 bits per heavy atom. The lowest BCUT2D eigenvalue weighted by molar-refractivity contribution is 0.581. The summed E-state index contributed by atoms with van der Waals surface area (Å²) in [6.45, 7) is 4.33. The summed E-state index contributed by atoms with van der Waals surface area (Å²) >= 11 is 0. The van der Waals surface area contributed by atoms with Crippen LogP contribution in [0.5, 0.6) is 0 Å². The molecule has 4 nitrogen and oxygen atoms in total. The van der Waals surface area contributed by atoms with Crippen molar-refractivity contribution in [3.63, 3.8) is 0 Å². The Kier molecular flexibility index (Phi) is 5.05. The van der Waals surface area contributed by atoms with E-state index < -0.39 is 10.0 Å². The molecule has 1 aromatic carbocycles. The summed E-state index contributed by atoms with van der Waals surface area (Å²) in [6, 6.07) is 7.56. The maximum Gasteiger partial charge on any atom is 0.240 e. The molecular formula is C15H24N2O2S. The highest BCUT2D eigenvalue weighted by Crippen LogP contribution is 2.23. The van der Waals surface area contributed by atoms with E-state index in [4.69, 9.17) is 0 Å². The number of unbranched alkanes of at least 4 members (excludes halogenated alkanes) is 1. The fourth-order valence-electron chi connectivity index (χ4n) is 2.09. The van der Waals surface area contributed by atoms with Crippen LogP contribution in [0.4, 0.5) is 5.69 Å². The monoisotopic (exact) mass is 296 g/mol. The van der Waals surface area contributed by atoms with Gasteiger partial charge in [0.2, 0.25) is 10.0 Å².